The second-order valence-electron chi connectivity index (χ2n) is 11.2. The monoisotopic (exact) mass is 593 g/mol. The number of anilines is 2. The van der Waals surface area contributed by atoms with Crippen molar-refractivity contribution in [1.29, 1.82) is 5.26 Å². The van der Waals surface area contributed by atoms with Gasteiger partial charge in [0.05, 0.1) is 40.9 Å². The number of benzene rings is 1. The first-order valence-corrected chi connectivity index (χ1v) is 14.9. The molecule has 0 bridgehead atoms. The van der Waals surface area contributed by atoms with E-state index in [1.165, 1.54) is 0 Å². The fourth-order valence-electron chi connectivity index (χ4n) is 6.07. The molecule has 2 aliphatic rings. The third-order valence-corrected chi connectivity index (χ3v) is 8.33. The summed E-state index contributed by atoms with van der Waals surface area (Å²) in [5, 5.41) is 16.7. The van der Waals surface area contributed by atoms with Crippen molar-refractivity contribution in [3.63, 3.8) is 0 Å². The first-order chi connectivity index (χ1) is 21.6. The number of amides is 1. The van der Waals surface area contributed by atoms with Gasteiger partial charge in [0.25, 0.3) is 0 Å². The van der Waals surface area contributed by atoms with Crippen LogP contribution in [0.1, 0.15) is 25.1 Å². The number of nitriles is 1. The van der Waals surface area contributed by atoms with Gasteiger partial charge in [0.2, 0.25) is 11.7 Å². The number of hydrogen-bond donors (Lipinski definition) is 2. The minimum Gasteiger partial charge on any atom is -0.363 e. The largest absolute Gasteiger partial charge is 0.363 e. The van der Waals surface area contributed by atoms with Crippen LogP contribution in [0.5, 0.6) is 0 Å². The number of pyridine rings is 1. The summed E-state index contributed by atoms with van der Waals surface area (Å²) in [4.78, 5) is 35.8. The summed E-state index contributed by atoms with van der Waals surface area (Å²) < 4.78 is 18.0. The number of piperidine rings is 1. The molecule has 1 aromatic carbocycles. The standard InChI is InChI=1S/C31H32FN11O/c32-28-30(35-21-6-5-12-42(19-21)27(44)10-11-33)38-29(22-18-34-43-13-4-3-9-25(22)43)39-31(28)41-16-14-40(15-17-41)20-26-36-23-7-1-2-8-24(23)37-26/h1-4,7-9,13,18,21H,5-6,10,12,14-17,19-20H2,(H,36,37)(H,35,38,39)/t21-/m1/s1. The minimum atomic E-state index is -0.517. The summed E-state index contributed by atoms with van der Waals surface area (Å²) >= 11 is 0. The number of halogens is 1. The summed E-state index contributed by atoms with van der Waals surface area (Å²) in [6.07, 6.45) is 4.88. The molecular formula is C31H32FN11O. The van der Waals surface area contributed by atoms with Gasteiger partial charge in [-0.05, 0) is 37.1 Å². The number of H-pyrrole nitrogens is 1. The molecule has 0 radical (unpaired) electrons. The smallest absolute Gasteiger partial charge is 0.236 e. The maximum atomic E-state index is 16.3. The molecule has 0 saturated carbocycles. The van der Waals surface area contributed by atoms with Crippen LogP contribution in [-0.2, 0) is 11.3 Å². The molecule has 1 atom stereocenters. The Bertz CT molecular complexity index is 1820. The number of aromatic nitrogens is 6. The molecule has 2 fully saturated rings. The van der Waals surface area contributed by atoms with E-state index in [1.54, 1.807) is 15.6 Å². The third-order valence-electron chi connectivity index (χ3n) is 8.33. The van der Waals surface area contributed by atoms with Gasteiger partial charge in [-0.2, -0.15) is 14.8 Å². The Morgan fingerprint density at radius 1 is 1.07 bits per heavy atom. The number of imidazole rings is 1. The maximum Gasteiger partial charge on any atom is 0.236 e. The summed E-state index contributed by atoms with van der Waals surface area (Å²) in [7, 11) is 0. The van der Waals surface area contributed by atoms with Crippen molar-refractivity contribution in [2.24, 2.45) is 0 Å². The van der Waals surface area contributed by atoms with E-state index >= 15 is 4.39 Å². The van der Waals surface area contributed by atoms with Crippen LogP contribution in [0.4, 0.5) is 16.0 Å². The van der Waals surface area contributed by atoms with Crippen LogP contribution in [0.2, 0.25) is 0 Å². The molecule has 0 unspecified atom stereocenters. The number of hydrogen-bond acceptors (Lipinski definition) is 9. The molecule has 2 aliphatic heterocycles. The van der Waals surface area contributed by atoms with Crippen LogP contribution < -0.4 is 10.2 Å². The van der Waals surface area contributed by atoms with Crippen LogP contribution in [-0.4, -0.2) is 90.6 Å². The van der Waals surface area contributed by atoms with Gasteiger partial charge in [0.1, 0.15) is 12.2 Å². The SMILES string of the molecule is N#CCC(=O)N1CCC[C@@H](Nc2nc(-c3cnn4ccccc34)nc(N3CCN(Cc4nc5ccccc5[nH]4)CC3)c2F)C1. The molecule has 12 nitrogen and oxygen atoms in total. The Hall–Kier alpha value is -5.09. The van der Waals surface area contributed by atoms with Crippen LogP contribution in [0.15, 0.2) is 54.9 Å². The minimum absolute atomic E-state index is 0.101. The highest BCUT2D eigenvalue weighted by molar-refractivity contribution is 5.79. The predicted octanol–water partition coefficient (Wildman–Crippen LogP) is 3.45. The Labute approximate surface area is 253 Å². The topological polar surface area (TPSA) is 134 Å². The molecule has 5 aromatic rings. The van der Waals surface area contributed by atoms with Gasteiger partial charge in [0, 0.05) is 51.5 Å². The van der Waals surface area contributed by atoms with Crippen molar-refractivity contribution in [2.45, 2.75) is 31.8 Å². The van der Waals surface area contributed by atoms with Crippen LogP contribution in [0, 0.1) is 17.1 Å². The van der Waals surface area contributed by atoms with E-state index in [2.05, 4.69) is 25.3 Å². The van der Waals surface area contributed by atoms with E-state index < -0.39 is 5.82 Å². The molecule has 224 valence electrons. The number of aromatic amines is 1. The fourth-order valence-corrected chi connectivity index (χ4v) is 6.07. The number of likely N-dealkylation sites (tertiary alicyclic amines) is 1. The molecule has 0 aliphatic carbocycles. The molecule has 0 spiro atoms. The highest BCUT2D eigenvalue weighted by Crippen LogP contribution is 2.31. The number of nitrogens with one attached hydrogen (secondary N) is 2. The van der Waals surface area contributed by atoms with E-state index in [0.29, 0.717) is 57.2 Å². The normalized spacial score (nSPS) is 17.7. The number of para-hydroxylation sites is 2. The third kappa shape index (κ3) is 5.51. The maximum absolute atomic E-state index is 16.3. The number of carbonyl (C=O) groups is 1. The van der Waals surface area contributed by atoms with Crippen LogP contribution >= 0.6 is 0 Å². The molecule has 6 heterocycles. The Kier molecular flexibility index (Phi) is 7.49. The van der Waals surface area contributed by atoms with Crippen molar-refractivity contribution in [2.75, 3.05) is 49.5 Å². The number of fused-ring (bicyclic) bond motifs is 2. The first-order valence-electron chi connectivity index (χ1n) is 14.9. The van der Waals surface area contributed by atoms with Crippen LogP contribution in [0.25, 0.3) is 27.9 Å². The molecule has 2 N–H and O–H groups in total. The molecule has 13 heteroatoms. The van der Waals surface area contributed by atoms with E-state index in [4.69, 9.17) is 15.2 Å². The van der Waals surface area contributed by atoms with Gasteiger partial charge in [-0.3, -0.25) is 9.69 Å². The average molecular weight is 594 g/mol. The fraction of sp³-hybridized carbons (Fsp3) is 0.355. The molecule has 7 rings (SSSR count). The van der Waals surface area contributed by atoms with Crippen molar-refractivity contribution in [3.8, 4) is 17.5 Å². The van der Waals surface area contributed by atoms with Crippen molar-refractivity contribution in [1.82, 2.24) is 39.3 Å². The summed E-state index contributed by atoms with van der Waals surface area (Å²) in [6, 6.07) is 15.4. The van der Waals surface area contributed by atoms with Gasteiger partial charge in [-0.25, -0.2) is 19.5 Å². The van der Waals surface area contributed by atoms with Gasteiger partial charge in [-0.15, -0.1) is 0 Å². The molecule has 44 heavy (non-hydrogen) atoms. The number of piperazine rings is 1. The second kappa shape index (κ2) is 11.9. The average Bonchev–Trinajstić information content (AvgIpc) is 3.67. The molecular weight excluding hydrogens is 561 g/mol. The summed E-state index contributed by atoms with van der Waals surface area (Å²) in [5.74, 6) is 0.897. The number of nitrogens with zero attached hydrogens (tertiary/aromatic N) is 9. The van der Waals surface area contributed by atoms with Gasteiger partial charge in [-0.1, -0.05) is 18.2 Å². The number of carbonyl (C=O) groups excluding carboxylic acids is 1. The highest BCUT2D eigenvalue weighted by atomic mass is 19.1. The lowest BCUT2D eigenvalue weighted by Gasteiger charge is -2.36. The van der Waals surface area contributed by atoms with E-state index in [1.807, 2.05) is 59.6 Å². The zero-order valence-corrected chi connectivity index (χ0v) is 24.2. The lowest BCUT2D eigenvalue weighted by molar-refractivity contribution is -0.131. The molecule has 4 aromatic heterocycles. The van der Waals surface area contributed by atoms with Gasteiger partial charge in [0.15, 0.2) is 17.5 Å². The summed E-state index contributed by atoms with van der Waals surface area (Å²) in [6.45, 7) is 4.25. The Morgan fingerprint density at radius 2 is 1.91 bits per heavy atom. The second-order valence-corrected chi connectivity index (χ2v) is 11.2. The molecule has 2 saturated heterocycles. The van der Waals surface area contributed by atoms with Gasteiger partial charge >= 0.3 is 0 Å². The highest BCUT2D eigenvalue weighted by Gasteiger charge is 2.29. The zero-order chi connectivity index (χ0) is 30.0. The van der Waals surface area contributed by atoms with Gasteiger partial charge < -0.3 is 20.1 Å². The van der Waals surface area contributed by atoms with E-state index in [-0.39, 0.29) is 30.0 Å². The lowest BCUT2D eigenvalue weighted by Crippen LogP contribution is -2.47. The van der Waals surface area contributed by atoms with E-state index in [9.17, 15) is 4.79 Å². The van der Waals surface area contributed by atoms with Crippen molar-refractivity contribution >= 4 is 34.1 Å². The Morgan fingerprint density at radius 3 is 2.75 bits per heavy atom. The number of rotatable bonds is 7. The lowest BCUT2D eigenvalue weighted by atomic mass is 10.1. The summed E-state index contributed by atoms with van der Waals surface area (Å²) in [5.41, 5.74) is 3.48. The Balaban J connectivity index is 1.15. The van der Waals surface area contributed by atoms with Crippen molar-refractivity contribution in [3.05, 3.63) is 66.5 Å². The van der Waals surface area contributed by atoms with Crippen LogP contribution in [0.3, 0.4) is 0 Å². The zero-order valence-electron chi connectivity index (χ0n) is 24.2. The first kappa shape index (κ1) is 27.7. The van der Waals surface area contributed by atoms with Crippen molar-refractivity contribution < 1.29 is 9.18 Å². The quantitative estimate of drug-likeness (QED) is 0.291. The predicted molar refractivity (Wildman–Crippen MR) is 163 cm³/mol. The van der Waals surface area contributed by atoms with E-state index in [0.717, 1.165) is 35.2 Å². The molecule has 1 amide bonds.